The van der Waals surface area contributed by atoms with E-state index < -0.39 is 5.91 Å². The second-order valence-corrected chi connectivity index (χ2v) is 7.82. The summed E-state index contributed by atoms with van der Waals surface area (Å²) in [6, 6.07) is 10.8. The molecule has 1 amide bonds. The Balaban J connectivity index is 1.67. The molecule has 2 unspecified atom stereocenters. The fourth-order valence-electron chi connectivity index (χ4n) is 3.43. The Labute approximate surface area is 148 Å². The number of primary amides is 1. The largest absolute Gasteiger partial charge is 0.369 e. The van der Waals surface area contributed by atoms with Crippen molar-refractivity contribution in [1.29, 1.82) is 0 Å². The van der Waals surface area contributed by atoms with Crippen LogP contribution in [0, 0.1) is 11.3 Å². The zero-order chi connectivity index (χ0) is 18.0. The summed E-state index contributed by atoms with van der Waals surface area (Å²) >= 11 is 0. The number of carbonyl (C=O) groups is 1. The molecule has 0 spiro atoms. The van der Waals surface area contributed by atoms with E-state index in [1.54, 1.807) is 6.20 Å². The minimum atomic E-state index is -0.442. The number of carbonyl (C=O) groups excluding carboxylic acids is 1. The molecule has 6 heteroatoms. The van der Waals surface area contributed by atoms with Crippen LogP contribution < -0.4 is 16.4 Å². The highest BCUT2D eigenvalue weighted by Crippen LogP contribution is 2.33. The summed E-state index contributed by atoms with van der Waals surface area (Å²) in [6.45, 7) is 9.19. The van der Waals surface area contributed by atoms with Crippen molar-refractivity contribution in [2.75, 3.05) is 18.4 Å². The first-order valence-electron chi connectivity index (χ1n) is 8.74. The summed E-state index contributed by atoms with van der Waals surface area (Å²) in [5.41, 5.74) is 7.26. The molecule has 6 nitrogen and oxygen atoms in total. The minimum absolute atomic E-state index is 0.111. The highest BCUT2D eigenvalue weighted by Gasteiger charge is 2.28. The SMILES string of the molecule is CC(C)(C)C(NCC1CNc2c(C(N)=O)cnn2C1)c1ccccc1. The molecule has 1 aromatic heterocycles. The number of anilines is 1. The Hall–Kier alpha value is -2.34. The van der Waals surface area contributed by atoms with Gasteiger partial charge >= 0.3 is 0 Å². The van der Waals surface area contributed by atoms with E-state index in [1.807, 2.05) is 10.7 Å². The van der Waals surface area contributed by atoms with Crippen LogP contribution >= 0.6 is 0 Å². The van der Waals surface area contributed by atoms with Crippen LogP contribution in [0.25, 0.3) is 0 Å². The van der Waals surface area contributed by atoms with E-state index in [1.165, 1.54) is 5.56 Å². The first-order valence-corrected chi connectivity index (χ1v) is 8.74. The van der Waals surface area contributed by atoms with Crippen LogP contribution in [0.1, 0.15) is 42.7 Å². The van der Waals surface area contributed by atoms with Gasteiger partial charge in [-0.2, -0.15) is 5.10 Å². The Morgan fingerprint density at radius 2 is 2.12 bits per heavy atom. The van der Waals surface area contributed by atoms with Crippen LogP contribution in [0.3, 0.4) is 0 Å². The van der Waals surface area contributed by atoms with Gasteiger partial charge in [0, 0.05) is 31.6 Å². The maximum Gasteiger partial charge on any atom is 0.254 e. The molecule has 2 atom stereocenters. The number of hydrogen-bond acceptors (Lipinski definition) is 4. The third-order valence-electron chi connectivity index (χ3n) is 4.70. The van der Waals surface area contributed by atoms with E-state index in [-0.39, 0.29) is 11.5 Å². The molecule has 3 rings (SSSR count). The summed E-state index contributed by atoms with van der Waals surface area (Å²) in [6.07, 6.45) is 1.54. The first kappa shape index (κ1) is 17.5. The van der Waals surface area contributed by atoms with E-state index in [0.717, 1.165) is 25.5 Å². The Morgan fingerprint density at radius 3 is 2.76 bits per heavy atom. The molecule has 0 saturated heterocycles. The average molecular weight is 341 g/mol. The normalized spacial score (nSPS) is 18.3. The third-order valence-corrected chi connectivity index (χ3v) is 4.70. The molecule has 0 fully saturated rings. The first-order chi connectivity index (χ1) is 11.9. The van der Waals surface area contributed by atoms with E-state index in [9.17, 15) is 4.79 Å². The van der Waals surface area contributed by atoms with E-state index in [4.69, 9.17) is 5.73 Å². The zero-order valence-corrected chi connectivity index (χ0v) is 15.1. The third kappa shape index (κ3) is 3.85. The van der Waals surface area contributed by atoms with Crippen LogP contribution in [-0.4, -0.2) is 28.8 Å². The lowest BCUT2D eigenvalue weighted by Gasteiger charge is -2.34. The molecule has 4 N–H and O–H groups in total. The maximum absolute atomic E-state index is 11.4. The van der Waals surface area contributed by atoms with E-state index in [0.29, 0.717) is 11.5 Å². The molecule has 2 aromatic rings. The number of nitrogens with zero attached hydrogens (tertiary/aromatic N) is 2. The molecule has 0 radical (unpaired) electrons. The number of aromatic nitrogens is 2. The van der Waals surface area contributed by atoms with E-state index in [2.05, 4.69) is 60.8 Å². The monoisotopic (exact) mass is 341 g/mol. The zero-order valence-electron chi connectivity index (χ0n) is 15.1. The van der Waals surface area contributed by atoms with Gasteiger partial charge in [0.1, 0.15) is 11.4 Å². The Bertz CT molecular complexity index is 732. The number of fused-ring (bicyclic) bond motifs is 1. The summed E-state index contributed by atoms with van der Waals surface area (Å²) in [5, 5.41) is 11.3. The van der Waals surface area contributed by atoms with Crippen LogP contribution in [0.4, 0.5) is 5.82 Å². The number of amides is 1. The molecule has 1 aliphatic rings. The maximum atomic E-state index is 11.4. The van der Waals surface area contributed by atoms with Crippen molar-refractivity contribution < 1.29 is 4.79 Å². The fourth-order valence-corrected chi connectivity index (χ4v) is 3.43. The van der Waals surface area contributed by atoms with Crippen molar-refractivity contribution in [3.8, 4) is 0 Å². The molecule has 1 aliphatic heterocycles. The molecule has 1 aromatic carbocycles. The van der Waals surface area contributed by atoms with Gasteiger partial charge in [0.2, 0.25) is 0 Å². The van der Waals surface area contributed by atoms with Crippen molar-refractivity contribution in [3.63, 3.8) is 0 Å². The minimum Gasteiger partial charge on any atom is -0.369 e. The van der Waals surface area contributed by atoms with Gasteiger partial charge < -0.3 is 16.4 Å². The lowest BCUT2D eigenvalue weighted by atomic mass is 9.82. The van der Waals surface area contributed by atoms with Gasteiger partial charge in [-0.15, -0.1) is 0 Å². The Kier molecular flexibility index (Phi) is 4.81. The van der Waals surface area contributed by atoms with Crippen LogP contribution in [0.2, 0.25) is 0 Å². The molecule has 0 aliphatic carbocycles. The summed E-state index contributed by atoms with van der Waals surface area (Å²) in [4.78, 5) is 11.4. The standard InChI is InChI=1S/C19H27N5O/c1-19(2,3)16(14-7-5-4-6-8-14)21-9-13-10-22-18-15(17(20)25)11-23-24(18)12-13/h4-8,11,13,16,21-22H,9-10,12H2,1-3H3,(H2,20,25). The lowest BCUT2D eigenvalue weighted by Crippen LogP contribution is -2.40. The number of hydrogen-bond donors (Lipinski definition) is 3. The van der Waals surface area contributed by atoms with Crippen LogP contribution in [-0.2, 0) is 6.54 Å². The molecular weight excluding hydrogens is 314 g/mol. The topological polar surface area (TPSA) is 85.0 Å². The van der Waals surface area contributed by atoms with Gasteiger partial charge in [-0.05, 0) is 11.0 Å². The van der Waals surface area contributed by atoms with Gasteiger partial charge in [-0.25, -0.2) is 4.68 Å². The van der Waals surface area contributed by atoms with Crippen molar-refractivity contribution >= 4 is 11.7 Å². The molecule has 0 bridgehead atoms. The highest BCUT2D eigenvalue weighted by atomic mass is 16.1. The van der Waals surface area contributed by atoms with Gasteiger partial charge in [0.15, 0.2) is 0 Å². The van der Waals surface area contributed by atoms with Gasteiger partial charge in [-0.3, -0.25) is 4.79 Å². The number of nitrogens with one attached hydrogen (secondary N) is 2. The van der Waals surface area contributed by atoms with Crippen molar-refractivity contribution in [1.82, 2.24) is 15.1 Å². The molecule has 134 valence electrons. The smallest absolute Gasteiger partial charge is 0.254 e. The summed E-state index contributed by atoms with van der Waals surface area (Å²) in [7, 11) is 0. The van der Waals surface area contributed by atoms with Crippen LogP contribution in [0.15, 0.2) is 36.5 Å². The molecule has 25 heavy (non-hydrogen) atoms. The van der Waals surface area contributed by atoms with Gasteiger partial charge in [0.05, 0.1) is 6.20 Å². The summed E-state index contributed by atoms with van der Waals surface area (Å²) in [5.74, 6) is 0.683. The number of rotatable bonds is 5. The summed E-state index contributed by atoms with van der Waals surface area (Å²) < 4.78 is 1.84. The number of benzene rings is 1. The van der Waals surface area contributed by atoms with Crippen molar-refractivity contribution in [3.05, 3.63) is 47.7 Å². The molecule has 0 saturated carbocycles. The number of nitrogens with two attached hydrogens (primary N) is 1. The van der Waals surface area contributed by atoms with Crippen LogP contribution in [0.5, 0.6) is 0 Å². The fraction of sp³-hybridized carbons (Fsp3) is 0.474. The van der Waals surface area contributed by atoms with Gasteiger partial charge in [0.25, 0.3) is 5.91 Å². The Morgan fingerprint density at radius 1 is 1.40 bits per heavy atom. The highest BCUT2D eigenvalue weighted by molar-refractivity contribution is 5.97. The van der Waals surface area contributed by atoms with Crippen molar-refractivity contribution in [2.24, 2.45) is 17.1 Å². The lowest BCUT2D eigenvalue weighted by molar-refractivity contribution is 0.100. The van der Waals surface area contributed by atoms with Crippen molar-refractivity contribution in [2.45, 2.75) is 33.4 Å². The van der Waals surface area contributed by atoms with Gasteiger partial charge in [-0.1, -0.05) is 51.1 Å². The predicted octanol–water partition coefficient (Wildman–Crippen LogP) is 2.40. The average Bonchev–Trinajstić information content (AvgIpc) is 2.98. The molecular formula is C19H27N5O. The van der Waals surface area contributed by atoms with E-state index >= 15 is 0 Å². The molecule has 2 heterocycles. The second-order valence-electron chi connectivity index (χ2n) is 7.82. The second kappa shape index (κ2) is 6.88. The predicted molar refractivity (Wildman–Crippen MR) is 99.4 cm³/mol. The quantitative estimate of drug-likeness (QED) is 0.779.